The van der Waals surface area contributed by atoms with E-state index in [1.54, 1.807) is 44.6 Å². The van der Waals surface area contributed by atoms with Crippen molar-refractivity contribution in [2.75, 3.05) is 20.8 Å². The Kier molecular flexibility index (Phi) is 5.47. The van der Waals surface area contributed by atoms with Gasteiger partial charge in [-0.2, -0.15) is 4.89 Å². The second-order valence-corrected chi connectivity index (χ2v) is 7.48. The number of esters is 1. The van der Waals surface area contributed by atoms with Gasteiger partial charge >= 0.3 is 5.97 Å². The predicted molar refractivity (Wildman–Crippen MR) is 111 cm³/mol. The van der Waals surface area contributed by atoms with Crippen LogP contribution in [0.2, 0.25) is 0 Å². The standard InChI is InChI=1S/C24H24O7/c1-14-12-21(28-4)15(2)11-16(14)13-19-22(20-9-10-29-31-20)23(25)30-24(19,26)17-5-7-18(27-3)8-6-17/h5-9,11-12,26H,10,13H2,1-4H3. The smallest absolute Gasteiger partial charge is 0.345 e. The summed E-state index contributed by atoms with van der Waals surface area (Å²) in [5, 5.41) is 11.6. The molecule has 1 unspecified atom stereocenters. The van der Waals surface area contributed by atoms with Gasteiger partial charge in [0.1, 0.15) is 23.7 Å². The summed E-state index contributed by atoms with van der Waals surface area (Å²) in [7, 11) is 3.18. The average Bonchev–Trinajstić information content (AvgIpc) is 3.37. The maximum atomic E-state index is 12.9. The molecule has 1 atom stereocenters. The Balaban J connectivity index is 1.85. The van der Waals surface area contributed by atoms with Crippen molar-refractivity contribution >= 4 is 5.97 Å². The van der Waals surface area contributed by atoms with E-state index in [9.17, 15) is 9.90 Å². The van der Waals surface area contributed by atoms with Gasteiger partial charge in [0.25, 0.3) is 5.79 Å². The molecule has 2 aromatic rings. The summed E-state index contributed by atoms with van der Waals surface area (Å²) in [6.45, 7) is 4.11. The molecule has 0 radical (unpaired) electrons. The van der Waals surface area contributed by atoms with Gasteiger partial charge in [0.05, 0.1) is 14.2 Å². The van der Waals surface area contributed by atoms with Gasteiger partial charge in [0, 0.05) is 17.6 Å². The molecule has 2 heterocycles. The van der Waals surface area contributed by atoms with Crippen LogP contribution in [0.4, 0.5) is 0 Å². The Morgan fingerprint density at radius 1 is 1.06 bits per heavy atom. The second kappa shape index (κ2) is 8.09. The fourth-order valence-electron chi connectivity index (χ4n) is 3.88. The molecule has 2 aliphatic rings. The van der Waals surface area contributed by atoms with Crippen LogP contribution in [0.3, 0.4) is 0 Å². The summed E-state index contributed by atoms with van der Waals surface area (Å²) in [6, 6.07) is 10.7. The molecule has 7 nitrogen and oxygen atoms in total. The Morgan fingerprint density at radius 3 is 2.42 bits per heavy atom. The molecule has 31 heavy (non-hydrogen) atoms. The Labute approximate surface area is 180 Å². The highest BCUT2D eigenvalue weighted by atomic mass is 17.2. The number of aryl methyl sites for hydroxylation is 2. The van der Waals surface area contributed by atoms with Crippen LogP contribution >= 0.6 is 0 Å². The van der Waals surface area contributed by atoms with Gasteiger partial charge in [-0.25, -0.2) is 4.79 Å². The van der Waals surface area contributed by atoms with Crippen molar-refractivity contribution in [3.8, 4) is 11.5 Å². The van der Waals surface area contributed by atoms with Crippen LogP contribution in [0.1, 0.15) is 22.3 Å². The Bertz CT molecular complexity index is 1080. The van der Waals surface area contributed by atoms with E-state index in [-0.39, 0.29) is 24.4 Å². The largest absolute Gasteiger partial charge is 0.497 e. The molecule has 0 aromatic heterocycles. The van der Waals surface area contributed by atoms with Crippen molar-refractivity contribution < 1.29 is 33.9 Å². The van der Waals surface area contributed by atoms with Crippen LogP contribution in [0.5, 0.6) is 11.5 Å². The molecule has 4 rings (SSSR count). The highest BCUT2D eigenvalue weighted by Crippen LogP contribution is 2.44. The quantitative estimate of drug-likeness (QED) is 0.562. The molecule has 162 valence electrons. The van der Waals surface area contributed by atoms with Gasteiger partial charge in [-0.1, -0.05) is 6.07 Å². The molecule has 1 N–H and O–H groups in total. The lowest BCUT2D eigenvalue weighted by atomic mass is 9.88. The summed E-state index contributed by atoms with van der Waals surface area (Å²) in [5.74, 6) is -0.986. The van der Waals surface area contributed by atoms with E-state index in [2.05, 4.69) is 0 Å². The molecule has 0 saturated carbocycles. The summed E-state index contributed by atoms with van der Waals surface area (Å²) in [5.41, 5.74) is 3.80. The molecule has 0 bridgehead atoms. The summed E-state index contributed by atoms with van der Waals surface area (Å²) in [6.07, 6.45) is 1.91. The lowest BCUT2D eigenvalue weighted by Gasteiger charge is -2.26. The first-order valence-corrected chi connectivity index (χ1v) is 9.85. The summed E-state index contributed by atoms with van der Waals surface area (Å²) < 4.78 is 16.1. The minimum Gasteiger partial charge on any atom is -0.497 e. The van der Waals surface area contributed by atoms with E-state index < -0.39 is 11.8 Å². The first kappa shape index (κ1) is 21.0. The number of hydrogen-bond acceptors (Lipinski definition) is 7. The fraction of sp³-hybridized carbons (Fsp3) is 0.292. The molecular formula is C24H24O7. The maximum absolute atomic E-state index is 12.9. The Hall–Kier alpha value is -3.29. The van der Waals surface area contributed by atoms with Gasteiger partial charge in [0.2, 0.25) is 0 Å². The number of rotatable bonds is 6. The molecule has 0 amide bonds. The van der Waals surface area contributed by atoms with Crippen LogP contribution in [0, 0.1) is 13.8 Å². The minimum absolute atomic E-state index is 0.170. The maximum Gasteiger partial charge on any atom is 0.345 e. The normalized spacial score (nSPS) is 20.4. The molecule has 7 heteroatoms. The van der Waals surface area contributed by atoms with Crippen molar-refractivity contribution in [1.82, 2.24) is 0 Å². The third-order valence-corrected chi connectivity index (χ3v) is 5.59. The van der Waals surface area contributed by atoms with Crippen molar-refractivity contribution in [2.45, 2.75) is 26.1 Å². The number of benzene rings is 2. The molecule has 2 aromatic carbocycles. The van der Waals surface area contributed by atoms with Crippen LogP contribution in [-0.2, 0) is 31.5 Å². The predicted octanol–water partition coefficient (Wildman–Crippen LogP) is 3.41. The number of carbonyl (C=O) groups is 1. The molecular weight excluding hydrogens is 400 g/mol. The molecule has 0 fully saturated rings. The van der Waals surface area contributed by atoms with Crippen molar-refractivity contribution in [2.24, 2.45) is 0 Å². The highest BCUT2D eigenvalue weighted by Gasteiger charge is 2.49. The van der Waals surface area contributed by atoms with Gasteiger partial charge in [-0.05, 0) is 66.9 Å². The number of ether oxygens (including phenoxy) is 3. The zero-order valence-electron chi connectivity index (χ0n) is 17.9. The SMILES string of the molecule is COc1ccc(C2(O)OC(=O)C(C3=CCOO3)=C2Cc2cc(C)c(OC)cc2C)cc1. The number of aliphatic hydroxyl groups is 1. The Morgan fingerprint density at radius 2 is 1.81 bits per heavy atom. The first-order chi connectivity index (χ1) is 14.9. The lowest BCUT2D eigenvalue weighted by Crippen LogP contribution is -2.29. The van der Waals surface area contributed by atoms with Crippen molar-refractivity contribution in [3.63, 3.8) is 0 Å². The zero-order chi connectivity index (χ0) is 22.2. The number of cyclic esters (lactones) is 1. The summed E-state index contributed by atoms with van der Waals surface area (Å²) in [4.78, 5) is 23.0. The van der Waals surface area contributed by atoms with E-state index in [1.807, 2.05) is 26.0 Å². The van der Waals surface area contributed by atoms with E-state index in [4.69, 9.17) is 24.0 Å². The third-order valence-electron chi connectivity index (χ3n) is 5.59. The molecule has 0 spiro atoms. The number of carbonyl (C=O) groups excluding carboxylic acids is 1. The van der Waals surface area contributed by atoms with E-state index in [0.717, 1.165) is 22.4 Å². The van der Waals surface area contributed by atoms with Crippen LogP contribution < -0.4 is 9.47 Å². The molecule has 0 saturated heterocycles. The van der Waals surface area contributed by atoms with Crippen LogP contribution in [0.25, 0.3) is 0 Å². The van der Waals surface area contributed by atoms with Crippen molar-refractivity contribution in [3.05, 3.63) is 81.6 Å². The second-order valence-electron chi connectivity index (χ2n) is 7.48. The van der Waals surface area contributed by atoms with Crippen LogP contribution in [-0.4, -0.2) is 31.9 Å². The monoisotopic (exact) mass is 424 g/mol. The molecule has 2 aliphatic heterocycles. The van der Waals surface area contributed by atoms with Crippen molar-refractivity contribution in [1.29, 1.82) is 0 Å². The van der Waals surface area contributed by atoms with Crippen LogP contribution in [0.15, 0.2) is 59.4 Å². The van der Waals surface area contributed by atoms with E-state index >= 15 is 0 Å². The highest BCUT2D eigenvalue weighted by molar-refractivity contribution is 5.97. The lowest BCUT2D eigenvalue weighted by molar-refractivity contribution is -0.231. The van der Waals surface area contributed by atoms with Gasteiger partial charge < -0.3 is 24.2 Å². The minimum atomic E-state index is -1.95. The zero-order valence-corrected chi connectivity index (χ0v) is 17.9. The number of hydrogen-bond donors (Lipinski definition) is 1. The molecule has 0 aliphatic carbocycles. The number of methoxy groups -OCH3 is 2. The van der Waals surface area contributed by atoms with E-state index in [0.29, 0.717) is 16.9 Å². The van der Waals surface area contributed by atoms with E-state index in [1.165, 1.54) is 0 Å². The fourth-order valence-corrected chi connectivity index (χ4v) is 3.88. The van der Waals surface area contributed by atoms with Gasteiger partial charge in [-0.3, -0.25) is 0 Å². The van der Waals surface area contributed by atoms with Gasteiger partial charge in [-0.15, -0.1) is 0 Å². The average molecular weight is 424 g/mol. The third kappa shape index (κ3) is 3.66. The van der Waals surface area contributed by atoms with Gasteiger partial charge in [0.15, 0.2) is 5.76 Å². The topological polar surface area (TPSA) is 83.5 Å². The summed E-state index contributed by atoms with van der Waals surface area (Å²) >= 11 is 0. The first-order valence-electron chi connectivity index (χ1n) is 9.85.